The van der Waals surface area contributed by atoms with Gasteiger partial charge >= 0.3 is 0 Å². The van der Waals surface area contributed by atoms with Gasteiger partial charge in [-0.05, 0) is 18.2 Å². The van der Waals surface area contributed by atoms with E-state index in [1.165, 1.54) is 25.3 Å². The minimum absolute atomic E-state index is 0.125. The number of methoxy groups -OCH3 is 1. The molecule has 0 atom stereocenters. The number of hydrogen-bond donors (Lipinski definition) is 0. The highest BCUT2D eigenvalue weighted by Gasteiger charge is 2.00. The molecule has 0 aliphatic heterocycles. The van der Waals surface area contributed by atoms with Gasteiger partial charge in [0.15, 0.2) is 0 Å². The number of ether oxygens (including phenoxy) is 1. The van der Waals surface area contributed by atoms with E-state index in [2.05, 4.69) is 11.8 Å². The lowest BCUT2D eigenvalue weighted by molar-refractivity contribution is 0.412. The first-order valence-electron chi connectivity index (χ1n) is 3.97. The molecule has 3 heteroatoms. The topological polar surface area (TPSA) is 33.0 Å². The fourth-order valence-corrected chi connectivity index (χ4v) is 0.957. The van der Waals surface area contributed by atoms with Gasteiger partial charge in [0.05, 0.1) is 25.2 Å². The largest absolute Gasteiger partial charge is 0.495 e. The van der Waals surface area contributed by atoms with Crippen molar-refractivity contribution in [1.82, 2.24) is 0 Å². The zero-order valence-electron chi connectivity index (χ0n) is 7.67. The van der Waals surface area contributed by atoms with E-state index in [1.54, 1.807) is 0 Å². The van der Waals surface area contributed by atoms with Crippen LogP contribution in [0.1, 0.15) is 12.0 Å². The monoisotopic (exact) mass is 189 g/mol. The molecule has 14 heavy (non-hydrogen) atoms. The molecule has 0 fully saturated rings. The van der Waals surface area contributed by atoms with Gasteiger partial charge in [-0.15, -0.1) is 0 Å². The van der Waals surface area contributed by atoms with Crippen LogP contribution in [0.15, 0.2) is 18.2 Å². The Hall–Kier alpha value is -2.00. The summed E-state index contributed by atoms with van der Waals surface area (Å²) in [6.07, 6.45) is 0.125. The van der Waals surface area contributed by atoms with E-state index in [0.29, 0.717) is 11.3 Å². The summed E-state index contributed by atoms with van der Waals surface area (Å²) in [6.45, 7) is 0. The van der Waals surface area contributed by atoms with Crippen LogP contribution in [-0.4, -0.2) is 7.11 Å². The third-order valence-electron chi connectivity index (χ3n) is 1.55. The van der Waals surface area contributed by atoms with E-state index in [1.807, 2.05) is 6.07 Å². The van der Waals surface area contributed by atoms with Gasteiger partial charge in [-0.1, -0.05) is 11.8 Å². The molecule has 0 spiro atoms. The molecule has 1 aromatic rings. The maximum Gasteiger partial charge on any atom is 0.134 e. The molecule has 0 saturated carbocycles. The molecule has 0 amide bonds. The first-order valence-corrected chi connectivity index (χ1v) is 3.97. The lowest BCUT2D eigenvalue weighted by Gasteiger charge is -2.01. The number of rotatable bonds is 1. The van der Waals surface area contributed by atoms with Crippen LogP contribution in [0, 0.1) is 29.0 Å². The molecule has 0 saturated heterocycles. The van der Waals surface area contributed by atoms with Crippen molar-refractivity contribution in [3.8, 4) is 23.7 Å². The van der Waals surface area contributed by atoms with Gasteiger partial charge in [0, 0.05) is 0 Å². The molecule has 0 bridgehead atoms. The fraction of sp³-hybridized carbons (Fsp3) is 0.182. The lowest BCUT2D eigenvalue weighted by Crippen LogP contribution is -1.88. The van der Waals surface area contributed by atoms with Crippen LogP contribution in [-0.2, 0) is 0 Å². The number of nitriles is 1. The SMILES string of the molecule is COc1ccc(F)cc1C#CCC#N. The summed E-state index contributed by atoms with van der Waals surface area (Å²) in [7, 11) is 1.49. The van der Waals surface area contributed by atoms with Gasteiger partial charge in [-0.25, -0.2) is 4.39 Å². The molecular weight excluding hydrogens is 181 g/mol. The predicted molar refractivity (Wildman–Crippen MR) is 50.1 cm³/mol. The maximum atomic E-state index is 12.8. The van der Waals surface area contributed by atoms with Crippen molar-refractivity contribution >= 4 is 0 Å². The molecule has 2 nitrogen and oxygen atoms in total. The average molecular weight is 189 g/mol. The Balaban J connectivity index is 3.02. The van der Waals surface area contributed by atoms with Crippen molar-refractivity contribution < 1.29 is 9.13 Å². The van der Waals surface area contributed by atoms with Crippen molar-refractivity contribution in [1.29, 1.82) is 5.26 Å². The lowest BCUT2D eigenvalue weighted by atomic mass is 10.2. The molecular formula is C11H8FNO. The second kappa shape index (κ2) is 4.89. The Labute approximate surface area is 81.9 Å². The summed E-state index contributed by atoms with van der Waals surface area (Å²) < 4.78 is 17.8. The first kappa shape index (κ1) is 10.1. The Morgan fingerprint density at radius 3 is 2.93 bits per heavy atom. The number of halogens is 1. The normalized spacial score (nSPS) is 8.36. The maximum absolute atomic E-state index is 12.8. The van der Waals surface area contributed by atoms with Crippen LogP contribution in [0.4, 0.5) is 4.39 Å². The molecule has 70 valence electrons. The minimum Gasteiger partial charge on any atom is -0.495 e. The smallest absolute Gasteiger partial charge is 0.134 e. The Morgan fingerprint density at radius 1 is 1.50 bits per heavy atom. The standard InChI is InChI=1S/C11H8FNO/c1-14-11-6-5-10(12)8-9(11)4-2-3-7-13/h5-6,8H,3H2,1H3. The summed E-state index contributed by atoms with van der Waals surface area (Å²) in [6, 6.07) is 5.97. The van der Waals surface area contributed by atoms with Crippen molar-refractivity contribution in [3.05, 3.63) is 29.6 Å². The molecule has 0 aromatic heterocycles. The van der Waals surface area contributed by atoms with Gasteiger partial charge < -0.3 is 4.74 Å². The highest BCUT2D eigenvalue weighted by atomic mass is 19.1. The number of nitrogens with zero attached hydrogens (tertiary/aromatic N) is 1. The van der Waals surface area contributed by atoms with E-state index in [9.17, 15) is 4.39 Å². The molecule has 0 radical (unpaired) electrons. The highest BCUT2D eigenvalue weighted by molar-refractivity contribution is 5.46. The Kier molecular flexibility index (Phi) is 3.52. The quantitative estimate of drug-likeness (QED) is 0.634. The molecule has 0 N–H and O–H groups in total. The van der Waals surface area contributed by atoms with Crippen LogP contribution in [0.2, 0.25) is 0 Å². The number of hydrogen-bond acceptors (Lipinski definition) is 2. The molecule has 0 unspecified atom stereocenters. The van der Waals surface area contributed by atoms with Gasteiger partial charge in [-0.3, -0.25) is 0 Å². The molecule has 0 aliphatic rings. The van der Waals surface area contributed by atoms with Gasteiger partial charge in [0.25, 0.3) is 0 Å². The second-order valence-electron chi connectivity index (χ2n) is 2.48. The minimum atomic E-state index is -0.368. The predicted octanol–water partition coefficient (Wildman–Crippen LogP) is 2.10. The van der Waals surface area contributed by atoms with E-state index in [-0.39, 0.29) is 12.2 Å². The summed E-state index contributed by atoms with van der Waals surface area (Å²) in [5, 5.41) is 8.27. The summed E-state index contributed by atoms with van der Waals surface area (Å²) in [5.74, 6) is 5.41. The average Bonchev–Trinajstić information content (AvgIpc) is 2.19. The summed E-state index contributed by atoms with van der Waals surface area (Å²) >= 11 is 0. The van der Waals surface area contributed by atoms with Crippen molar-refractivity contribution in [3.63, 3.8) is 0 Å². The van der Waals surface area contributed by atoms with Crippen molar-refractivity contribution in [2.45, 2.75) is 6.42 Å². The van der Waals surface area contributed by atoms with Gasteiger partial charge in [-0.2, -0.15) is 5.26 Å². The van der Waals surface area contributed by atoms with Crippen molar-refractivity contribution in [2.24, 2.45) is 0 Å². The van der Waals surface area contributed by atoms with Crippen molar-refractivity contribution in [2.75, 3.05) is 7.11 Å². The zero-order valence-corrected chi connectivity index (χ0v) is 7.67. The highest BCUT2D eigenvalue weighted by Crippen LogP contribution is 2.17. The second-order valence-corrected chi connectivity index (χ2v) is 2.48. The van der Waals surface area contributed by atoms with E-state index in [4.69, 9.17) is 10.00 Å². The molecule has 1 rings (SSSR count). The Bertz CT molecular complexity index is 423. The van der Waals surface area contributed by atoms with Crippen LogP contribution in [0.3, 0.4) is 0 Å². The number of benzene rings is 1. The zero-order chi connectivity index (χ0) is 10.4. The summed E-state index contributed by atoms with van der Waals surface area (Å²) in [5.41, 5.74) is 0.461. The Morgan fingerprint density at radius 2 is 2.29 bits per heavy atom. The van der Waals surface area contributed by atoms with E-state index in [0.717, 1.165) is 0 Å². The molecule has 0 aliphatic carbocycles. The fourth-order valence-electron chi connectivity index (χ4n) is 0.957. The van der Waals surface area contributed by atoms with Gasteiger partial charge in [0.2, 0.25) is 0 Å². The van der Waals surface area contributed by atoms with Gasteiger partial charge in [0.1, 0.15) is 11.6 Å². The third-order valence-corrected chi connectivity index (χ3v) is 1.55. The van der Waals surface area contributed by atoms with E-state index >= 15 is 0 Å². The third kappa shape index (κ3) is 2.50. The first-order chi connectivity index (χ1) is 6.77. The van der Waals surface area contributed by atoms with Crippen LogP contribution < -0.4 is 4.74 Å². The van der Waals surface area contributed by atoms with E-state index < -0.39 is 0 Å². The van der Waals surface area contributed by atoms with Crippen LogP contribution >= 0.6 is 0 Å². The summed E-state index contributed by atoms with van der Waals surface area (Å²) in [4.78, 5) is 0. The van der Waals surface area contributed by atoms with Crippen LogP contribution in [0.5, 0.6) is 5.75 Å². The molecule has 1 aromatic carbocycles. The molecule has 0 heterocycles. The van der Waals surface area contributed by atoms with Crippen LogP contribution in [0.25, 0.3) is 0 Å².